The molecule has 1 aromatic rings. The minimum atomic E-state index is -3.46. The molecular weight excluding hydrogens is 244 g/mol. The first kappa shape index (κ1) is 12.5. The van der Waals surface area contributed by atoms with Crippen LogP contribution in [0.5, 0.6) is 0 Å². The maximum absolute atomic E-state index is 12.2. The van der Waals surface area contributed by atoms with Crippen molar-refractivity contribution >= 4 is 10.0 Å². The molecule has 0 aromatic carbocycles. The van der Waals surface area contributed by atoms with Gasteiger partial charge in [0, 0.05) is 19.6 Å². The fourth-order valence-corrected chi connectivity index (χ4v) is 3.14. The van der Waals surface area contributed by atoms with Gasteiger partial charge in [0.1, 0.15) is 0 Å². The second-order valence-corrected chi connectivity index (χ2v) is 5.74. The third kappa shape index (κ3) is 2.65. The molecule has 1 atom stereocenters. The van der Waals surface area contributed by atoms with Crippen LogP contribution in [-0.4, -0.2) is 62.3 Å². The van der Waals surface area contributed by atoms with Gasteiger partial charge < -0.3 is 10.1 Å². The second-order valence-electron chi connectivity index (χ2n) is 3.83. The van der Waals surface area contributed by atoms with Crippen molar-refractivity contribution in [1.29, 1.82) is 0 Å². The number of hydrogen-bond donors (Lipinski definition) is 2. The zero-order valence-corrected chi connectivity index (χ0v) is 10.4. The van der Waals surface area contributed by atoms with Crippen LogP contribution >= 0.6 is 0 Å². The van der Waals surface area contributed by atoms with E-state index in [9.17, 15) is 8.42 Å². The number of H-pyrrole nitrogens is 1. The van der Waals surface area contributed by atoms with Gasteiger partial charge in [-0.1, -0.05) is 0 Å². The van der Waals surface area contributed by atoms with Gasteiger partial charge in [0.2, 0.25) is 0 Å². The van der Waals surface area contributed by atoms with Crippen LogP contribution in [0.2, 0.25) is 0 Å². The van der Waals surface area contributed by atoms with Gasteiger partial charge in [0.25, 0.3) is 10.0 Å². The van der Waals surface area contributed by atoms with Crippen LogP contribution in [0.15, 0.2) is 17.3 Å². The number of aromatic amines is 1. The minimum Gasteiger partial charge on any atom is -0.374 e. The highest BCUT2D eigenvalue weighted by atomic mass is 32.2. The van der Waals surface area contributed by atoms with E-state index in [1.807, 2.05) is 7.05 Å². The Bertz CT molecular complexity index is 443. The Balaban J connectivity index is 2.12. The average Bonchev–Trinajstić information content (AvgIpc) is 2.84. The van der Waals surface area contributed by atoms with Gasteiger partial charge >= 0.3 is 0 Å². The number of nitrogens with one attached hydrogen (secondary N) is 2. The molecule has 0 radical (unpaired) electrons. The SMILES string of the molecule is CNCC1CN(S(=O)(=O)c2ccn[nH]2)CCO1. The number of sulfonamides is 1. The Hall–Kier alpha value is -0.960. The number of likely N-dealkylation sites (N-methyl/N-ethyl adjacent to an activating group) is 1. The molecule has 0 amide bonds. The number of hydrogen-bond acceptors (Lipinski definition) is 5. The summed E-state index contributed by atoms with van der Waals surface area (Å²) in [5.74, 6) is 0. The van der Waals surface area contributed by atoms with Crippen molar-refractivity contribution in [3.05, 3.63) is 12.3 Å². The molecule has 1 aromatic heterocycles. The van der Waals surface area contributed by atoms with E-state index in [0.29, 0.717) is 26.2 Å². The Morgan fingerprint density at radius 1 is 1.71 bits per heavy atom. The van der Waals surface area contributed by atoms with Gasteiger partial charge in [-0.3, -0.25) is 5.10 Å². The predicted molar refractivity (Wildman–Crippen MR) is 61.0 cm³/mol. The molecule has 1 aliphatic heterocycles. The van der Waals surface area contributed by atoms with E-state index >= 15 is 0 Å². The van der Waals surface area contributed by atoms with E-state index in [0.717, 1.165) is 0 Å². The van der Waals surface area contributed by atoms with Crippen LogP contribution in [0.25, 0.3) is 0 Å². The molecule has 1 aliphatic rings. The molecule has 0 aliphatic carbocycles. The summed E-state index contributed by atoms with van der Waals surface area (Å²) in [7, 11) is -1.65. The summed E-state index contributed by atoms with van der Waals surface area (Å²) in [6.07, 6.45) is 1.32. The third-order valence-corrected chi connectivity index (χ3v) is 4.42. The van der Waals surface area contributed by atoms with Gasteiger partial charge in [-0.05, 0) is 13.1 Å². The van der Waals surface area contributed by atoms with Crippen LogP contribution in [-0.2, 0) is 14.8 Å². The number of aromatic nitrogens is 2. The molecule has 0 bridgehead atoms. The van der Waals surface area contributed by atoms with Crippen molar-refractivity contribution in [3.63, 3.8) is 0 Å². The van der Waals surface area contributed by atoms with E-state index in [4.69, 9.17) is 4.74 Å². The summed E-state index contributed by atoms with van der Waals surface area (Å²) in [6.45, 7) is 1.79. The number of nitrogens with zero attached hydrogens (tertiary/aromatic N) is 2. The molecular formula is C9H16N4O3S. The smallest absolute Gasteiger partial charge is 0.260 e. The zero-order chi connectivity index (χ0) is 12.3. The fraction of sp³-hybridized carbons (Fsp3) is 0.667. The Morgan fingerprint density at radius 2 is 2.53 bits per heavy atom. The summed E-state index contributed by atoms with van der Waals surface area (Å²) in [5.41, 5.74) is 0. The molecule has 2 heterocycles. The molecule has 17 heavy (non-hydrogen) atoms. The fourth-order valence-electron chi connectivity index (χ4n) is 1.79. The summed E-state index contributed by atoms with van der Waals surface area (Å²) < 4.78 is 31.2. The Labute approximate surface area is 100 Å². The molecule has 2 rings (SSSR count). The Kier molecular flexibility index (Phi) is 3.77. The molecule has 96 valence electrons. The van der Waals surface area contributed by atoms with Crippen molar-refractivity contribution < 1.29 is 13.2 Å². The van der Waals surface area contributed by atoms with Gasteiger partial charge in [0.05, 0.1) is 18.9 Å². The van der Waals surface area contributed by atoms with Crippen molar-refractivity contribution in [1.82, 2.24) is 19.8 Å². The van der Waals surface area contributed by atoms with Crippen LogP contribution in [0.1, 0.15) is 0 Å². The predicted octanol–water partition coefficient (Wildman–Crippen LogP) is -0.981. The summed E-state index contributed by atoms with van der Waals surface area (Å²) in [5, 5.41) is 9.25. The zero-order valence-electron chi connectivity index (χ0n) is 9.59. The van der Waals surface area contributed by atoms with Crippen LogP contribution in [0, 0.1) is 0 Å². The van der Waals surface area contributed by atoms with Crippen LogP contribution in [0.4, 0.5) is 0 Å². The largest absolute Gasteiger partial charge is 0.374 e. The summed E-state index contributed by atoms with van der Waals surface area (Å²) in [6, 6.07) is 1.46. The molecule has 0 spiro atoms. The third-order valence-electron chi connectivity index (χ3n) is 2.63. The van der Waals surface area contributed by atoms with E-state index in [1.165, 1.54) is 16.6 Å². The molecule has 7 nitrogen and oxygen atoms in total. The highest BCUT2D eigenvalue weighted by Gasteiger charge is 2.31. The second kappa shape index (κ2) is 5.13. The molecule has 2 N–H and O–H groups in total. The first-order valence-corrected chi connectivity index (χ1v) is 6.84. The van der Waals surface area contributed by atoms with Crippen molar-refractivity contribution in [2.24, 2.45) is 0 Å². The molecule has 0 saturated carbocycles. The minimum absolute atomic E-state index is 0.105. The highest BCUT2D eigenvalue weighted by molar-refractivity contribution is 7.89. The van der Waals surface area contributed by atoms with Gasteiger partial charge in [0.15, 0.2) is 5.03 Å². The molecule has 1 saturated heterocycles. The standard InChI is InChI=1S/C9H16N4O3S/c1-10-6-8-7-13(4-5-16-8)17(14,15)9-2-3-11-12-9/h2-3,8,10H,4-7H2,1H3,(H,11,12). The molecule has 1 unspecified atom stereocenters. The van der Waals surface area contributed by atoms with Crippen LogP contribution < -0.4 is 5.32 Å². The van der Waals surface area contributed by atoms with Gasteiger partial charge in [-0.15, -0.1) is 0 Å². The van der Waals surface area contributed by atoms with E-state index in [2.05, 4.69) is 15.5 Å². The number of rotatable bonds is 4. The van der Waals surface area contributed by atoms with E-state index < -0.39 is 10.0 Å². The Morgan fingerprint density at radius 3 is 3.18 bits per heavy atom. The lowest BCUT2D eigenvalue weighted by atomic mass is 10.3. The van der Waals surface area contributed by atoms with Crippen molar-refractivity contribution in [3.8, 4) is 0 Å². The van der Waals surface area contributed by atoms with Crippen molar-refractivity contribution in [2.75, 3.05) is 33.3 Å². The lowest BCUT2D eigenvalue weighted by molar-refractivity contribution is 0.000756. The first-order valence-electron chi connectivity index (χ1n) is 5.40. The summed E-state index contributed by atoms with van der Waals surface area (Å²) >= 11 is 0. The van der Waals surface area contributed by atoms with Crippen molar-refractivity contribution in [2.45, 2.75) is 11.1 Å². The maximum Gasteiger partial charge on any atom is 0.260 e. The maximum atomic E-state index is 12.2. The molecule has 1 fully saturated rings. The first-order chi connectivity index (χ1) is 8.14. The lowest BCUT2D eigenvalue weighted by Crippen LogP contribution is -2.48. The highest BCUT2D eigenvalue weighted by Crippen LogP contribution is 2.16. The van der Waals surface area contributed by atoms with E-state index in [1.54, 1.807) is 0 Å². The number of morpholine rings is 1. The van der Waals surface area contributed by atoms with Crippen LogP contribution in [0.3, 0.4) is 0 Å². The lowest BCUT2D eigenvalue weighted by Gasteiger charge is -2.31. The van der Waals surface area contributed by atoms with E-state index in [-0.39, 0.29) is 11.1 Å². The topological polar surface area (TPSA) is 87.3 Å². The average molecular weight is 260 g/mol. The normalized spacial score (nSPS) is 22.8. The number of ether oxygens (including phenoxy) is 1. The summed E-state index contributed by atoms with van der Waals surface area (Å²) in [4.78, 5) is 0. The quantitative estimate of drug-likeness (QED) is 0.726. The van der Waals surface area contributed by atoms with Gasteiger partial charge in [-0.25, -0.2) is 8.42 Å². The monoisotopic (exact) mass is 260 g/mol. The van der Waals surface area contributed by atoms with Gasteiger partial charge in [-0.2, -0.15) is 9.40 Å². The molecule has 8 heteroatoms.